The summed E-state index contributed by atoms with van der Waals surface area (Å²) < 4.78 is 55.7. The van der Waals surface area contributed by atoms with Gasteiger partial charge in [0.2, 0.25) is 21.8 Å². The molecular formula is C35H45F2N5O7S. The molecule has 272 valence electrons. The van der Waals surface area contributed by atoms with Crippen molar-refractivity contribution in [3.8, 4) is 0 Å². The average molecular weight is 718 g/mol. The molecule has 15 heteroatoms. The van der Waals surface area contributed by atoms with Gasteiger partial charge in [-0.1, -0.05) is 71.0 Å². The summed E-state index contributed by atoms with van der Waals surface area (Å²) in [5.41, 5.74) is -0.193. The molecule has 0 saturated carbocycles. The number of aliphatic hydroxyl groups is 1. The lowest BCUT2D eigenvalue weighted by Crippen LogP contribution is -2.59. The summed E-state index contributed by atoms with van der Waals surface area (Å²) in [7, 11) is -4.32. The van der Waals surface area contributed by atoms with Crippen molar-refractivity contribution < 1.29 is 36.8 Å². The zero-order chi connectivity index (χ0) is 37.2. The van der Waals surface area contributed by atoms with E-state index in [0.29, 0.717) is 0 Å². The van der Waals surface area contributed by atoms with Crippen LogP contribution < -0.4 is 16.0 Å². The Morgan fingerprint density at radius 2 is 1.56 bits per heavy atom. The minimum absolute atomic E-state index is 0.00800. The number of hydrogen-bond acceptors (Lipinski definition) is 8. The molecule has 0 aliphatic carbocycles. The van der Waals surface area contributed by atoms with Crippen molar-refractivity contribution in [3.63, 3.8) is 0 Å². The van der Waals surface area contributed by atoms with Gasteiger partial charge in [0, 0.05) is 37.8 Å². The Labute approximate surface area is 291 Å². The maximum atomic E-state index is 13.8. The summed E-state index contributed by atoms with van der Waals surface area (Å²) in [5, 5.41) is 31.3. The van der Waals surface area contributed by atoms with Crippen LogP contribution in [0, 0.1) is 33.1 Å². The third kappa shape index (κ3) is 11.9. The van der Waals surface area contributed by atoms with E-state index in [2.05, 4.69) is 16.0 Å². The zero-order valence-corrected chi connectivity index (χ0v) is 29.5. The third-order valence-electron chi connectivity index (χ3n) is 7.69. The molecule has 2 amide bonds. The minimum Gasteiger partial charge on any atom is -0.390 e. The number of aliphatic hydroxyl groups excluding tert-OH is 1. The van der Waals surface area contributed by atoms with Gasteiger partial charge < -0.3 is 21.1 Å². The molecule has 4 N–H and O–H groups in total. The molecule has 0 heterocycles. The summed E-state index contributed by atoms with van der Waals surface area (Å²) in [6.45, 7) is 8.03. The van der Waals surface area contributed by atoms with Crippen LogP contribution in [0.15, 0.2) is 77.7 Å². The number of carbonyl (C=O) groups excluding carboxylic acids is 2. The summed E-state index contributed by atoms with van der Waals surface area (Å²) in [6, 6.07) is 14.5. The van der Waals surface area contributed by atoms with E-state index in [9.17, 15) is 42.0 Å². The van der Waals surface area contributed by atoms with Gasteiger partial charge in [-0.15, -0.1) is 0 Å². The maximum absolute atomic E-state index is 13.8. The molecule has 0 bridgehead atoms. The number of benzene rings is 3. The SMILES string of the molecule is CC(C)CN(CC(O)C(Cc1ccccc1)NC(=O)[C@@H](NC(=O)CNCc1cc(F)cc(F)c1)C(C)(C)C)S(=O)(=O)c1cccc([N+](=O)[O-])c1. The molecule has 3 atom stereocenters. The Bertz CT molecular complexity index is 1720. The van der Waals surface area contributed by atoms with Gasteiger partial charge in [0.1, 0.15) is 17.7 Å². The second kappa shape index (κ2) is 17.6. The number of nitro benzene ring substituents is 1. The summed E-state index contributed by atoms with van der Waals surface area (Å²) >= 11 is 0. The van der Waals surface area contributed by atoms with E-state index in [1.54, 1.807) is 65.0 Å². The second-order valence-corrected chi connectivity index (χ2v) is 15.5. The number of sulfonamides is 1. The van der Waals surface area contributed by atoms with E-state index in [1.807, 2.05) is 0 Å². The van der Waals surface area contributed by atoms with E-state index in [-0.39, 0.29) is 42.4 Å². The molecule has 0 spiro atoms. The first kappa shape index (κ1) is 40.1. The predicted octanol–water partition coefficient (Wildman–Crippen LogP) is 3.93. The van der Waals surface area contributed by atoms with Gasteiger partial charge in [-0.25, -0.2) is 17.2 Å². The predicted molar refractivity (Wildman–Crippen MR) is 184 cm³/mol. The first-order valence-electron chi connectivity index (χ1n) is 16.1. The monoisotopic (exact) mass is 717 g/mol. The molecule has 12 nitrogen and oxygen atoms in total. The molecule has 3 aromatic rings. The fourth-order valence-electron chi connectivity index (χ4n) is 5.26. The van der Waals surface area contributed by atoms with E-state index in [4.69, 9.17) is 0 Å². The van der Waals surface area contributed by atoms with Crippen molar-refractivity contribution >= 4 is 27.5 Å². The van der Waals surface area contributed by atoms with Crippen molar-refractivity contribution in [2.45, 2.75) is 70.7 Å². The quantitative estimate of drug-likeness (QED) is 0.120. The average Bonchev–Trinajstić information content (AvgIpc) is 3.02. The molecular weight excluding hydrogens is 672 g/mol. The van der Waals surface area contributed by atoms with Crippen LogP contribution in [0.1, 0.15) is 45.7 Å². The summed E-state index contributed by atoms with van der Waals surface area (Å²) in [4.78, 5) is 37.1. The Hall–Kier alpha value is -4.31. The first-order chi connectivity index (χ1) is 23.4. The molecule has 0 saturated heterocycles. The van der Waals surface area contributed by atoms with Gasteiger partial charge >= 0.3 is 0 Å². The van der Waals surface area contributed by atoms with E-state index >= 15 is 0 Å². The molecule has 0 aliphatic rings. The highest BCUT2D eigenvalue weighted by Crippen LogP contribution is 2.24. The van der Waals surface area contributed by atoms with Crippen molar-refractivity contribution in [2.24, 2.45) is 11.3 Å². The fraction of sp³-hybridized carbons (Fsp3) is 0.429. The first-order valence-corrected chi connectivity index (χ1v) is 17.5. The molecule has 2 unspecified atom stereocenters. The van der Waals surface area contributed by atoms with Crippen LogP contribution in [0.4, 0.5) is 14.5 Å². The molecule has 3 rings (SSSR count). The van der Waals surface area contributed by atoms with Gasteiger partial charge in [-0.3, -0.25) is 19.7 Å². The van der Waals surface area contributed by atoms with Crippen molar-refractivity contribution in [1.82, 2.24) is 20.3 Å². The smallest absolute Gasteiger partial charge is 0.270 e. The number of hydrogen-bond donors (Lipinski definition) is 4. The van der Waals surface area contributed by atoms with Gasteiger partial charge in [0.05, 0.1) is 28.5 Å². The van der Waals surface area contributed by atoms with E-state index < -0.39 is 74.2 Å². The van der Waals surface area contributed by atoms with E-state index in [0.717, 1.165) is 34.1 Å². The molecule has 0 aromatic heterocycles. The maximum Gasteiger partial charge on any atom is 0.270 e. The Morgan fingerprint density at radius 3 is 2.14 bits per heavy atom. The Kier molecular flexibility index (Phi) is 14.1. The number of nitrogens with one attached hydrogen (secondary N) is 3. The number of non-ortho nitro benzene ring substituents is 1. The Morgan fingerprint density at radius 1 is 0.920 bits per heavy atom. The van der Waals surface area contributed by atoms with Crippen LogP contribution in [0.25, 0.3) is 0 Å². The number of nitrogens with zero attached hydrogens (tertiary/aromatic N) is 2. The minimum atomic E-state index is -4.32. The molecule has 0 fully saturated rings. The van der Waals surface area contributed by atoms with Crippen LogP contribution in [0.5, 0.6) is 0 Å². The van der Waals surface area contributed by atoms with Crippen LogP contribution in [0.3, 0.4) is 0 Å². The van der Waals surface area contributed by atoms with Crippen molar-refractivity contribution in [2.75, 3.05) is 19.6 Å². The van der Waals surface area contributed by atoms with Crippen LogP contribution in [-0.2, 0) is 32.6 Å². The summed E-state index contributed by atoms with van der Waals surface area (Å²) in [5.74, 6) is -2.89. The zero-order valence-electron chi connectivity index (χ0n) is 28.7. The number of halogens is 2. The van der Waals surface area contributed by atoms with Crippen LogP contribution in [0.2, 0.25) is 0 Å². The van der Waals surface area contributed by atoms with Gasteiger partial charge in [-0.2, -0.15) is 4.31 Å². The highest BCUT2D eigenvalue weighted by atomic mass is 32.2. The topological polar surface area (TPSA) is 171 Å². The number of amides is 2. The van der Waals surface area contributed by atoms with Crippen LogP contribution >= 0.6 is 0 Å². The number of carbonyl (C=O) groups is 2. The lowest BCUT2D eigenvalue weighted by atomic mass is 9.85. The Balaban J connectivity index is 1.83. The number of nitro groups is 1. The normalized spacial score (nSPS) is 13.9. The second-order valence-electron chi connectivity index (χ2n) is 13.6. The van der Waals surface area contributed by atoms with Crippen molar-refractivity contribution in [3.05, 3.63) is 106 Å². The highest BCUT2D eigenvalue weighted by molar-refractivity contribution is 7.89. The lowest BCUT2D eigenvalue weighted by molar-refractivity contribution is -0.385. The third-order valence-corrected chi connectivity index (χ3v) is 9.51. The van der Waals surface area contributed by atoms with E-state index in [1.165, 1.54) is 18.2 Å². The molecule has 0 aliphatic heterocycles. The largest absolute Gasteiger partial charge is 0.390 e. The molecule has 3 aromatic carbocycles. The molecule has 50 heavy (non-hydrogen) atoms. The summed E-state index contributed by atoms with van der Waals surface area (Å²) in [6.07, 6.45) is -1.34. The standard InChI is InChI=1S/C35H45F2N5O7S/c1-23(2)21-41(50(48,49)29-13-9-12-28(18-29)42(46)47)22-31(43)30(16-24-10-7-6-8-11-24)39-34(45)33(35(3,4)5)40-32(44)20-38-19-25-14-26(36)17-27(37)15-25/h6-15,17-18,23,30-31,33,38,43H,16,19-22H2,1-5H3,(H,39,45)(H,40,44)/t30?,31?,33-/m1/s1. The van der Waals surface area contributed by atoms with Gasteiger partial charge in [0.25, 0.3) is 5.69 Å². The molecule has 0 radical (unpaired) electrons. The van der Waals surface area contributed by atoms with Crippen LogP contribution in [-0.4, -0.2) is 72.4 Å². The number of rotatable bonds is 17. The van der Waals surface area contributed by atoms with Gasteiger partial charge in [-0.05, 0) is 47.1 Å². The lowest BCUT2D eigenvalue weighted by Gasteiger charge is -2.34. The highest BCUT2D eigenvalue weighted by Gasteiger charge is 2.37. The fourth-order valence-corrected chi connectivity index (χ4v) is 6.92. The van der Waals surface area contributed by atoms with Gasteiger partial charge in [0.15, 0.2) is 0 Å². The van der Waals surface area contributed by atoms with Crippen molar-refractivity contribution in [1.29, 1.82) is 0 Å².